The smallest absolute Gasteiger partial charge is 0.303 e. The van der Waals surface area contributed by atoms with E-state index in [1.807, 2.05) is 27.7 Å². The zero-order chi connectivity index (χ0) is 51.9. The summed E-state index contributed by atoms with van der Waals surface area (Å²) in [5.41, 5.74) is -0.0814. The van der Waals surface area contributed by atoms with E-state index in [-0.39, 0.29) is 85.3 Å². The summed E-state index contributed by atoms with van der Waals surface area (Å²) < 4.78 is 5.83. The van der Waals surface area contributed by atoms with E-state index in [0.29, 0.717) is 29.5 Å². The molecular weight excluding hydrogens is 905 g/mol. The van der Waals surface area contributed by atoms with Gasteiger partial charge in [-0.15, -0.1) is 11.3 Å². The third-order valence-electron chi connectivity index (χ3n) is 12.8. The van der Waals surface area contributed by atoms with Crippen LogP contribution in [-0.4, -0.2) is 130 Å². The molecule has 1 aromatic carbocycles. The summed E-state index contributed by atoms with van der Waals surface area (Å²) in [5, 5.41) is 24.3. The second-order valence-corrected chi connectivity index (χ2v) is 20.5. The third kappa shape index (κ3) is 17.0. The Morgan fingerprint density at radius 3 is 2.17 bits per heavy atom. The number of ether oxygens (including phenoxy) is 1. The van der Waals surface area contributed by atoms with Crippen molar-refractivity contribution in [3.63, 3.8) is 0 Å². The average molecular weight is 981 g/mol. The Kier molecular flexibility index (Phi) is 22.0. The first-order valence-corrected chi connectivity index (χ1v) is 24.8. The standard InChI is InChI=1S/C50H76N8O10S/c1-14-31(6)44(55-49(67)50(9,10)56(11)12)48(66)57(13)38(30(4)5)27-40(68-33(8)59)47-54-37(28-69-47)46(65)52-35(24-32(7)45(64)51-22-21-29(2)3)25-34-17-18-39(60)36(26-34)53-41(61)16-15-23-58-42(62)19-20-43(58)63/h17-20,26,28-32,35,38,40,44,60H,14-16,21-25,27H2,1-13H3,(H,51,64)(H,52,65)(H,53,61)(H,55,67)/t31-,32?,35+,38?,40+,44-/m0/s1. The van der Waals surface area contributed by atoms with E-state index in [2.05, 4.69) is 40.1 Å². The molecule has 382 valence electrons. The van der Waals surface area contributed by atoms with Crippen molar-refractivity contribution in [3.05, 3.63) is 52.0 Å². The van der Waals surface area contributed by atoms with Gasteiger partial charge in [0.25, 0.3) is 17.7 Å². The molecule has 3 rings (SSSR count). The molecule has 7 amide bonds. The molecule has 0 saturated heterocycles. The molecule has 0 spiro atoms. The zero-order valence-electron chi connectivity index (χ0n) is 42.8. The van der Waals surface area contributed by atoms with Gasteiger partial charge in [0.05, 0.1) is 11.2 Å². The van der Waals surface area contributed by atoms with Crippen LogP contribution in [0.4, 0.5) is 5.69 Å². The molecule has 19 heteroatoms. The van der Waals surface area contributed by atoms with Crippen molar-refractivity contribution >= 4 is 64.3 Å². The molecule has 6 atom stereocenters. The first kappa shape index (κ1) is 57.6. The molecule has 0 aliphatic carbocycles. The Hall–Kier alpha value is -5.69. The number of rotatable bonds is 27. The van der Waals surface area contributed by atoms with Gasteiger partial charge in [0.2, 0.25) is 23.6 Å². The number of nitrogens with zero attached hydrogens (tertiary/aromatic N) is 4. The Labute approximate surface area is 411 Å². The third-order valence-corrected chi connectivity index (χ3v) is 13.7. The van der Waals surface area contributed by atoms with Gasteiger partial charge in [-0.2, -0.15) is 0 Å². The molecular formula is C50H76N8O10S. The number of esters is 1. The summed E-state index contributed by atoms with van der Waals surface area (Å²) in [6.45, 7) is 19.1. The number of carbonyl (C=O) groups is 8. The molecule has 1 aromatic heterocycles. The number of amides is 7. The van der Waals surface area contributed by atoms with E-state index in [1.165, 1.54) is 25.1 Å². The quantitative estimate of drug-likeness (QED) is 0.0432. The van der Waals surface area contributed by atoms with Crippen LogP contribution < -0.4 is 21.3 Å². The van der Waals surface area contributed by atoms with Crippen LogP contribution in [0.5, 0.6) is 5.75 Å². The molecule has 18 nitrogen and oxygen atoms in total. The number of aromatic nitrogens is 1. The Bertz CT molecular complexity index is 2150. The minimum Gasteiger partial charge on any atom is -0.506 e. The monoisotopic (exact) mass is 981 g/mol. The van der Waals surface area contributed by atoms with Crippen LogP contribution in [-0.2, 0) is 44.7 Å². The minimum atomic E-state index is -0.931. The molecule has 5 N–H and O–H groups in total. The maximum atomic E-state index is 14.3. The van der Waals surface area contributed by atoms with Crippen molar-refractivity contribution in [1.29, 1.82) is 0 Å². The zero-order valence-corrected chi connectivity index (χ0v) is 43.6. The van der Waals surface area contributed by atoms with Crippen LogP contribution in [0.25, 0.3) is 0 Å². The fourth-order valence-corrected chi connectivity index (χ4v) is 8.46. The number of carbonyl (C=O) groups excluding carboxylic acids is 8. The number of phenols is 1. The SMILES string of the molecule is CC[C@H](C)[C@H](NC(=O)C(C)(C)N(C)C)C(=O)N(C)C(C[C@@H](OC(C)=O)c1nc(C(=O)N[C@@H](Cc2ccc(O)c(NC(=O)CCCN3C(=O)C=CC3=O)c2)CC(C)C(=O)NCCC(C)C)cs1)C(C)C. The number of nitrogens with one attached hydrogen (secondary N) is 4. The highest BCUT2D eigenvalue weighted by molar-refractivity contribution is 7.09. The summed E-state index contributed by atoms with van der Waals surface area (Å²) >= 11 is 1.13. The predicted octanol–water partition coefficient (Wildman–Crippen LogP) is 5.37. The van der Waals surface area contributed by atoms with Crippen molar-refractivity contribution in [1.82, 2.24) is 35.6 Å². The fourth-order valence-electron chi connectivity index (χ4n) is 7.62. The van der Waals surface area contributed by atoms with Crippen LogP contribution >= 0.6 is 11.3 Å². The number of phenolic OH excluding ortho intramolecular Hbond substituents is 1. The predicted molar refractivity (Wildman–Crippen MR) is 265 cm³/mol. The first-order chi connectivity index (χ1) is 32.3. The molecule has 2 heterocycles. The maximum absolute atomic E-state index is 14.3. The summed E-state index contributed by atoms with van der Waals surface area (Å²) in [4.78, 5) is 113. The van der Waals surface area contributed by atoms with E-state index in [9.17, 15) is 43.5 Å². The highest BCUT2D eigenvalue weighted by Crippen LogP contribution is 2.32. The summed E-state index contributed by atoms with van der Waals surface area (Å²) in [7, 11) is 5.28. The van der Waals surface area contributed by atoms with Crippen LogP contribution in [0, 0.1) is 23.7 Å². The molecule has 2 unspecified atom stereocenters. The Morgan fingerprint density at radius 1 is 0.942 bits per heavy atom. The summed E-state index contributed by atoms with van der Waals surface area (Å²) in [6.07, 6.45) is 3.59. The second-order valence-electron chi connectivity index (χ2n) is 19.6. The highest BCUT2D eigenvalue weighted by Gasteiger charge is 2.39. The van der Waals surface area contributed by atoms with Crippen LogP contribution in [0.15, 0.2) is 35.7 Å². The van der Waals surface area contributed by atoms with Crippen LogP contribution in [0.1, 0.15) is 135 Å². The summed E-state index contributed by atoms with van der Waals surface area (Å²) in [5.74, 6) is -3.85. The summed E-state index contributed by atoms with van der Waals surface area (Å²) in [6, 6.07) is 2.72. The van der Waals surface area contributed by atoms with Crippen molar-refractivity contribution < 1.29 is 48.2 Å². The van der Waals surface area contributed by atoms with E-state index in [4.69, 9.17) is 4.74 Å². The van der Waals surface area contributed by atoms with E-state index in [1.54, 1.807) is 69.2 Å². The van der Waals surface area contributed by atoms with Crippen molar-refractivity contribution in [2.24, 2.45) is 23.7 Å². The first-order valence-electron chi connectivity index (χ1n) is 23.9. The van der Waals surface area contributed by atoms with Gasteiger partial charge in [0, 0.05) is 75.4 Å². The van der Waals surface area contributed by atoms with Crippen LogP contribution in [0.2, 0.25) is 0 Å². The van der Waals surface area contributed by atoms with Gasteiger partial charge in [0.15, 0.2) is 6.10 Å². The lowest BCUT2D eigenvalue weighted by Gasteiger charge is -2.38. The second kappa shape index (κ2) is 26.3. The number of likely N-dealkylation sites (N-methyl/N-ethyl adjacent to an activating group) is 2. The minimum absolute atomic E-state index is 0.0298. The van der Waals surface area contributed by atoms with E-state index >= 15 is 0 Å². The van der Waals surface area contributed by atoms with Crippen molar-refractivity contribution in [3.8, 4) is 5.75 Å². The van der Waals surface area contributed by atoms with Gasteiger partial charge in [-0.3, -0.25) is 48.2 Å². The number of imide groups is 1. The van der Waals surface area contributed by atoms with Gasteiger partial charge >= 0.3 is 5.97 Å². The van der Waals surface area contributed by atoms with E-state index in [0.717, 1.165) is 22.7 Å². The molecule has 69 heavy (non-hydrogen) atoms. The van der Waals surface area contributed by atoms with Gasteiger partial charge < -0.3 is 36.0 Å². The highest BCUT2D eigenvalue weighted by atomic mass is 32.1. The number of anilines is 1. The lowest BCUT2D eigenvalue weighted by molar-refractivity contribution is -0.149. The van der Waals surface area contributed by atoms with Crippen molar-refractivity contribution in [2.45, 2.75) is 144 Å². The van der Waals surface area contributed by atoms with E-state index < -0.39 is 65.3 Å². The van der Waals surface area contributed by atoms with Gasteiger partial charge in [-0.1, -0.05) is 61.0 Å². The Balaban J connectivity index is 1.87. The molecule has 2 aromatic rings. The van der Waals surface area contributed by atoms with Gasteiger partial charge in [0.1, 0.15) is 22.5 Å². The molecule has 0 radical (unpaired) electrons. The van der Waals surface area contributed by atoms with Crippen molar-refractivity contribution in [2.75, 3.05) is 39.5 Å². The number of hydrogen-bond donors (Lipinski definition) is 5. The maximum Gasteiger partial charge on any atom is 0.303 e. The molecule has 0 fully saturated rings. The number of thiazole rings is 1. The fraction of sp³-hybridized carbons (Fsp3) is 0.620. The topological polar surface area (TPSA) is 237 Å². The normalized spacial score (nSPS) is 15.4. The van der Waals surface area contributed by atoms with Crippen LogP contribution in [0.3, 0.4) is 0 Å². The lowest BCUT2D eigenvalue weighted by atomic mass is 9.92. The number of benzene rings is 1. The van der Waals surface area contributed by atoms with Gasteiger partial charge in [-0.25, -0.2) is 4.98 Å². The largest absolute Gasteiger partial charge is 0.506 e. The average Bonchev–Trinajstić information content (AvgIpc) is 3.90. The molecule has 0 saturated carbocycles. The lowest BCUT2D eigenvalue weighted by Crippen LogP contribution is -2.60. The molecule has 1 aliphatic rings. The number of aromatic hydroxyl groups is 1. The molecule has 0 bridgehead atoms. The Morgan fingerprint density at radius 2 is 1.59 bits per heavy atom. The van der Waals surface area contributed by atoms with Gasteiger partial charge in [-0.05, 0) is 89.1 Å². The molecule has 1 aliphatic heterocycles. The number of hydrogen-bond acceptors (Lipinski definition) is 13.